The fourth-order valence-corrected chi connectivity index (χ4v) is 5.82. The Labute approximate surface area is 250 Å². The Morgan fingerprint density at radius 3 is 2.10 bits per heavy atom. The van der Waals surface area contributed by atoms with Crippen LogP contribution in [0.1, 0.15) is 58.4 Å². The molecule has 4 heterocycles. The summed E-state index contributed by atoms with van der Waals surface area (Å²) in [6.07, 6.45) is 7.10. The molecule has 212 valence electrons. The highest BCUT2D eigenvalue weighted by Gasteiger charge is 2.32. The van der Waals surface area contributed by atoms with Gasteiger partial charge in [-0.15, -0.1) is 0 Å². The first-order valence-electron chi connectivity index (χ1n) is 14.3. The summed E-state index contributed by atoms with van der Waals surface area (Å²) >= 11 is 12.5. The number of rotatable bonds is 6. The molecule has 0 saturated carbocycles. The van der Waals surface area contributed by atoms with Gasteiger partial charge < -0.3 is 15.5 Å². The lowest BCUT2D eigenvalue weighted by Gasteiger charge is -2.32. The van der Waals surface area contributed by atoms with Crippen molar-refractivity contribution in [1.29, 1.82) is 0 Å². The molecule has 2 N–H and O–H groups in total. The molecule has 8 nitrogen and oxygen atoms in total. The molecule has 0 aliphatic carbocycles. The molecule has 0 atom stereocenters. The topological polar surface area (TPSA) is 80.6 Å². The zero-order valence-electron chi connectivity index (χ0n) is 22.8. The number of piperidine rings is 1. The van der Waals surface area contributed by atoms with Crippen molar-refractivity contribution in [3.8, 4) is 0 Å². The second-order valence-corrected chi connectivity index (χ2v) is 11.6. The number of carbonyl (C=O) groups excluding carboxylic acids is 2. The Bertz CT molecular complexity index is 1470. The number of amides is 2. The summed E-state index contributed by atoms with van der Waals surface area (Å²) in [6.45, 7) is 5.92. The minimum absolute atomic E-state index is 0.269. The van der Waals surface area contributed by atoms with Crippen LogP contribution in [0.5, 0.6) is 0 Å². The number of amidine groups is 1. The van der Waals surface area contributed by atoms with Gasteiger partial charge in [0.05, 0.1) is 53.7 Å². The van der Waals surface area contributed by atoms with Crippen molar-refractivity contribution in [2.45, 2.75) is 32.1 Å². The van der Waals surface area contributed by atoms with E-state index in [1.165, 1.54) is 24.9 Å². The van der Waals surface area contributed by atoms with E-state index < -0.39 is 5.91 Å². The number of hydrogen-bond donors (Lipinski definition) is 2. The second-order valence-electron chi connectivity index (χ2n) is 10.7. The van der Waals surface area contributed by atoms with Crippen LogP contribution >= 0.6 is 23.2 Å². The van der Waals surface area contributed by atoms with Crippen LogP contribution in [0.15, 0.2) is 54.7 Å². The van der Waals surface area contributed by atoms with Crippen molar-refractivity contribution in [3.05, 3.63) is 81.5 Å². The molecule has 3 fully saturated rings. The molecule has 0 unspecified atom stereocenters. The molecular formula is C31H33Cl2N6O2+. The summed E-state index contributed by atoms with van der Waals surface area (Å²) in [7, 11) is 0. The molecular weight excluding hydrogens is 559 g/mol. The van der Waals surface area contributed by atoms with Crippen molar-refractivity contribution in [2.75, 3.05) is 54.8 Å². The van der Waals surface area contributed by atoms with Gasteiger partial charge in [0.2, 0.25) is 0 Å². The van der Waals surface area contributed by atoms with Gasteiger partial charge >= 0.3 is 0 Å². The lowest BCUT2D eigenvalue weighted by Crippen LogP contribution is -2.49. The Morgan fingerprint density at radius 1 is 0.756 bits per heavy atom. The molecule has 41 heavy (non-hydrogen) atoms. The third kappa shape index (κ3) is 6.04. The van der Waals surface area contributed by atoms with E-state index in [2.05, 4.69) is 30.0 Å². The van der Waals surface area contributed by atoms with Gasteiger partial charge in [-0.05, 0) is 67.8 Å². The molecule has 2 aromatic carbocycles. The van der Waals surface area contributed by atoms with Crippen molar-refractivity contribution in [1.82, 2.24) is 9.88 Å². The number of halogens is 2. The normalized spacial score (nSPS) is 16.5. The minimum atomic E-state index is -0.422. The number of nitrogens with one attached hydrogen (secondary N) is 2. The summed E-state index contributed by atoms with van der Waals surface area (Å²) in [6, 6.07) is 14.4. The van der Waals surface area contributed by atoms with E-state index in [1.54, 1.807) is 18.2 Å². The maximum absolute atomic E-state index is 13.6. The molecule has 3 saturated heterocycles. The largest absolute Gasteiger partial charge is 0.370 e. The van der Waals surface area contributed by atoms with Gasteiger partial charge in [0, 0.05) is 42.7 Å². The van der Waals surface area contributed by atoms with Crippen LogP contribution in [0.4, 0.5) is 17.2 Å². The van der Waals surface area contributed by atoms with Crippen molar-refractivity contribution < 1.29 is 14.2 Å². The number of carbonyl (C=O) groups is 2. The highest BCUT2D eigenvalue weighted by molar-refractivity contribution is 6.32. The zero-order chi connectivity index (χ0) is 28.3. The first-order chi connectivity index (χ1) is 20.0. The monoisotopic (exact) mass is 591 g/mol. The van der Waals surface area contributed by atoms with Crippen LogP contribution in [-0.4, -0.2) is 71.4 Å². The predicted octanol–water partition coefficient (Wildman–Crippen LogP) is 5.75. The first-order valence-corrected chi connectivity index (χ1v) is 15.0. The SMILES string of the molecule is O=C(Nc1c(C(=O)Nc2ccc(Cl)cn2)cc(Cl)cc1N1CCCCC1)c1ccc(C(N2CCC2)=[N+]2CCC2)cc1. The number of benzene rings is 2. The highest BCUT2D eigenvalue weighted by atomic mass is 35.5. The summed E-state index contributed by atoms with van der Waals surface area (Å²) in [5, 5.41) is 6.76. The number of nitrogens with zero attached hydrogens (tertiary/aromatic N) is 4. The Hall–Kier alpha value is -3.62. The van der Waals surface area contributed by atoms with Crippen LogP contribution in [0.25, 0.3) is 0 Å². The molecule has 3 aliphatic heterocycles. The van der Waals surface area contributed by atoms with Crippen molar-refractivity contribution in [2.24, 2.45) is 0 Å². The standard InChI is InChI=1S/C31H32Cl2N6O2/c32-23-10-11-27(34-20-23)35-30(41)25-18-24(33)19-26(37-12-2-1-3-13-37)28(25)36-29(40)21-6-8-22(9-7-21)31(38-14-4-15-38)39-16-5-17-39/h6-11,18-20H,1-5,12-17H2,(H-,34,35,36,40,41)/p+1. The van der Waals surface area contributed by atoms with E-state index in [4.69, 9.17) is 23.2 Å². The van der Waals surface area contributed by atoms with Gasteiger partial charge in [0.1, 0.15) is 5.82 Å². The average molecular weight is 593 g/mol. The number of likely N-dealkylation sites (tertiary alicyclic amines) is 1. The average Bonchev–Trinajstić information content (AvgIpc) is 2.93. The highest BCUT2D eigenvalue weighted by Crippen LogP contribution is 2.36. The predicted molar refractivity (Wildman–Crippen MR) is 164 cm³/mol. The molecule has 10 heteroatoms. The summed E-state index contributed by atoms with van der Waals surface area (Å²) in [5.41, 5.74) is 3.08. The fraction of sp³-hybridized carbons (Fsp3) is 0.355. The fourth-order valence-electron chi connectivity index (χ4n) is 5.50. The van der Waals surface area contributed by atoms with E-state index in [-0.39, 0.29) is 11.5 Å². The number of pyridine rings is 1. The smallest absolute Gasteiger partial charge is 0.279 e. The van der Waals surface area contributed by atoms with Crippen LogP contribution in [0, 0.1) is 0 Å². The van der Waals surface area contributed by atoms with Crippen molar-refractivity contribution >= 4 is 58.0 Å². The van der Waals surface area contributed by atoms with Crippen LogP contribution in [0.3, 0.4) is 0 Å². The van der Waals surface area contributed by atoms with E-state index in [0.717, 1.165) is 69.8 Å². The Morgan fingerprint density at radius 2 is 1.49 bits per heavy atom. The van der Waals surface area contributed by atoms with E-state index in [1.807, 2.05) is 30.3 Å². The number of anilines is 3. The van der Waals surface area contributed by atoms with Gasteiger partial charge in [-0.2, -0.15) is 0 Å². The van der Waals surface area contributed by atoms with Gasteiger partial charge in [-0.25, -0.2) is 4.98 Å². The minimum Gasteiger partial charge on any atom is -0.370 e. The Balaban J connectivity index is 1.30. The molecule has 6 rings (SSSR count). The van der Waals surface area contributed by atoms with Crippen LogP contribution in [0.2, 0.25) is 10.0 Å². The number of aromatic nitrogens is 1. The third-order valence-corrected chi connectivity index (χ3v) is 8.39. The quantitative estimate of drug-likeness (QED) is 0.282. The van der Waals surface area contributed by atoms with Gasteiger partial charge in [-0.1, -0.05) is 23.2 Å². The lowest BCUT2D eigenvalue weighted by molar-refractivity contribution is -0.587. The van der Waals surface area contributed by atoms with Crippen LogP contribution < -0.4 is 15.5 Å². The van der Waals surface area contributed by atoms with Gasteiger partial charge in [0.25, 0.3) is 17.6 Å². The zero-order valence-corrected chi connectivity index (χ0v) is 24.3. The van der Waals surface area contributed by atoms with E-state index >= 15 is 0 Å². The molecule has 1 aromatic heterocycles. The molecule has 3 aliphatic rings. The first kappa shape index (κ1) is 27.5. The number of hydrogen-bond acceptors (Lipinski definition) is 4. The molecule has 0 spiro atoms. The lowest BCUT2D eigenvalue weighted by atomic mass is 10.0. The van der Waals surface area contributed by atoms with E-state index in [0.29, 0.717) is 27.1 Å². The molecule has 2 amide bonds. The maximum atomic E-state index is 13.6. The molecule has 0 bridgehead atoms. The molecule has 0 radical (unpaired) electrons. The van der Waals surface area contributed by atoms with Gasteiger partial charge in [0.15, 0.2) is 0 Å². The van der Waals surface area contributed by atoms with Crippen molar-refractivity contribution in [3.63, 3.8) is 0 Å². The van der Waals surface area contributed by atoms with Crippen LogP contribution in [-0.2, 0) is 0 Å². The summed E-state index contributed by atoms with van der Waals surface area (Å²) in [4.78, 5) is 35.9. The third-order valence-electron chi connectivity index (χ3n) is 7.95. The molecule has 3 aromatic rings. The van der Waals surface area contributed by atoms with Gasteiger partial charge in [-0.3, -0.25) is 19.1 Å². The Kier molecular flexibility index (Phi) is 8.12. The summed E-state index contributed by atoms with van der Waals surface area (Å²) < 4.78 is 2.41. The maximum Gasteiger partial charge on any atom is 0.279 e. The second kappa shape index (κ2) is 12.1. The summed E-state index contributed by atoms with van der Waals surface area (Å²) in [5.74, 6) is 0.900. The van der Waals surface area contributed by atoms with E-state index in [9.17, 15) is 9.59 Å².